The largest absolute Gasteiger partial charge is 0.465 e. The summed E-state index contributed by atoms with van der Waals surface area (Å²) in [4.78, 5) is 42.4. The van der Waals surface area contributed by atoms with E-state index in [4.69, 9.17) is 0 Å². The van der Waals surface area contributed by atoms with Crippen molar-refractivity contribution in [1.82, 2.24) is 4.98 Å². The van der Waals surface area contributed by atoms with E-state index in [1.165, 1.54) is 30.0 Å². The Morgan fingerprint density at radius 2 is 2.17 bits per heavy atom. The monoisotopic (exact) mass is 363 g/mol. The topological polar surface area (TPSA) is 88.6 Å². The zero-order chi connectivity index (χ0) is 17.1. The van der Waals surface area contributed by atoms with E-state index in [1.54, 1.807) is 0 Å². The van der Waals surface area contributed by atoms with Crippen LogP contribution in [0.3, 0.4) is 0 Å². The zero-order valence-electron chi connectivity index (χ0n) is 12.6. The van der Waals surface area contributed by atoms with E-state index >= 15 is 0 Å². The highest BCUT2D eigenvalue weighted by molar-refractivity contribution is 8.00. The number of thiazole rings is 1. The Morgan fingerprint density at radius 3 is 2.96 bits per heavy atom. The molecule has 1 aromatic heterocycles. The van der Waals surface area contributed by atoms with Crippen molar-refractivity contribution in [2.45, 2.75) is 4.90 Å². The molecule has 2 aromatic rings. The molecule has 9 heteroatoms. The second-order valence-electron chi connectivity index (χ2n) is 4.81. The van der Waals surface area contributed by atoms with Gasteiger partial charge in [0.1, 0.15) is 11.4 Å². The number of nitrogens with one attached hydrogen (secondary N) is 1. The molecule has 0 spiro atoms. The van der Waals surface area contributed by atoms with Crippen LogP contribution in [-0.2, 0) is 14.3 Å². The molecule has 0 saturated carbocycles. The number of hydrogen-bond acceptors (Lipinski definition) is 7. The Balaban J connectivity index is 1.70. The summed E-state index contributed by atoms with van der Waals surface area (Å²) in [5.41, 5.74) is 0.725. The van der Waals surface area contributed by atoms with Crippen LogP contribution in [0, 0.1) is 0 Å². The first kappa shape index (κ1) is 16.5. The molecule has 0 unspecified atom stereocenters. The van der Waals surface area contributed by atoms with Gasteiger partial charge in [0, 0.05) is 4.90 Å². The average Bonchev–Trinajstić information content (AvgIpc) is 3.05. The Bertz CT molecular complexity index is 806. The number of esters is 1. The fourth-order valence-corrected chi connectivity index (χ4v) is 3.84. The predicted molar refractivity (Wildman–Crippen MR) is 91.6 cm³/mol. The number of aromatic nitrogens is 1. The molecule has 3 rings (SSSR count). The van der Waals surface area contributed by atoms with E-state index in [0.717, 1.165) is 21.9 Å². The Kier molecular flexibility index (Phi) is 4.81. The summed E-state index contributed by atoms with van der Waals surface area (Å²) >= 11 is 2.47. The second-order valence-corrected chi connectivity index (χ2v) is 6.85. The second kappa shape index (κ2) is 7.02. The lowest BCUT2D eigenvalue weighted by Crippen LogP contribution is -2.41. The third-order valence-electron chi connectivity index (χ3n) is 3.25. The number of anilines is 2. The van der Waals surface area contributed by atoms with Gasteiger partial charge in [-0.1, -0.05) is 23.5 Å². The van der Waals surface area contributed by atoms with E-state index in [9.17, 15) is 14.4 Å². The summed E-state index contributed by atoms with van der Waals surface area (Å²) in [5.74, 6) is -0.710. The van der Waals surface area contributed by atoms with Crippen molar-refractivity contribution >= 4 is 51.7 Å². The van der Waals surface area contributed by atoms with Crippen LogP contribution >= 0.6 is 23.1 Å². The van der Waals surface area contributed by atoms with Gasteiger partial charge in [0.15, 0.2) is 5.13 Å². The van der Waals surface area contributed by atoms with Crippen LogP contribution in [0.5, 0.6) is 0 Å². The van der Waals surface area contributed by atoms with Gasteiger partial charge in [-0.25, -0.2) is 9.78 Å². The van der Waals surface area contributed by atoms with Gasteiger partial charge in [-0.15, -0.1) is 11.8 Å². The average molecular weight is 363 g/mol. The molecule has 0 saturated heterocycles. The molecule has 0 atom stereocenters. The minimum atomic E-state index is -0.509. The number of para-hydroxylation sites is 1. The quantitative estimate of drug-likeness (QED) is 0.836. The third-order valence-corrected chi connectivity index (χ3v) is 5.19. The van der Waals surface area contributed by atoms with Crippen molar-refractivity contribution < 1.29 is 19.1 Å². The molecular formula is C15H13N3O4S2. The van der Waals surface area contributed by atoms with Crippen molar-refractivity contribution in [2.24, 2.45) is 0 Å². The van der Waals surface area contributed by atoms with Crippen LogP contribution in [0.4, 0.5) is 10.8 Å². The first-order valence-corrected chi connectivity index (χ1v) is 8.75. The number of carbonyl (C=O) groups excluding carboxylic acids is 3. The molecule has 2 amide bonds. The Labute approximate surface area is 146 Å². The number of carbonyl (C=O) groups is 3. The molecule has 0 fully saturated rings. The van der Waals surface area contributed by atoms with Gasteiger partial charge in [-0.2, -0.15) is 0 Å². The summed E-state index contributed by atoms with van der Waals surface area (Å²) in [6.07, 6.45) is 1.34. The van der Waals surface area contributed by atoms with E-state index < -0.39 is 5.97 Å². The fraction of sp³-hybridized carbons (Fsp3) is 0.200. The number of fused-ring (bicyclic) bond motifs is 1. The molecule has 24 heavy (non-hydrogen) atoms. The molecule has 0 aliphatic carbocycles. The first-order chi connectivity index (χ1) is 11.6. The van der Waals surface area contributed by atoms with Crippen LogP contribution in [-0.4, -0.2) is 42.2 Å². The molecular weight excluding hydrogens is 350 g/mol. The maximum atomic E-state index is 12.2. The molecule has 0 bridgehead atoms. The molecule has 0 radical (unpaired) electrons. The molecule has 1 aliphatic rings. The third kappa shape index (κ3) is 3.41. The maximum Gasteiger partial charge on any atom is 0.349 e. The maximum absolute atomic E-state index is 12.2. The van der Waals surface area contributed by atoms with Crippen molar-refractivity contribution in [3.8, 4) is 0 Å². The van der Waals surface area contributed by atoms with Crippen LogP contribution < -0.4 is 10.2 Å². The van der Waals surface area contributed by atoms with E-state index in [0.29, 0.717) is 10.6 Å². The first-order valence-electron chi connectivity index (χ1n) is 6.94. The Hall–Kier alpha value is -2.39. The minimum absolute atomic E-state index is 0.108. The van der Waals surface area contributed by atoms with Gasteiger partial charge in [0.2, 0.25) is 11.8 Å². The van der Waals surface area contributed by atoms with E-state index in [1.807, 2.05) is 24.3 Å². The number of methoxy groups -OCH3 is 1. The van der Waals surface area contributed by atoms with Crippen molar-refractivity contribution in [3.63, 3.8) is 0 Å². The normalized spacial score (nSPS) is 13.4. The predicted octanol–water partition coefficient (Wildman–Crippen LogP) is 2.01. The summed E-state index contributed by atoms with van der Waals surface area (Å²) < 4.78 is 4.59. The van der Waals surface area contributed by atoms with Gasteiger partial charge >= 0.3 is 5.97 Å². The summed E-state index contributed by atoms with van der Waals surface area (Å²) in [5, 5.41) is 2.88. The van der Waals surface area contributed by atoms with Crippen LogP contribution in [0.2, 0.25) is 0 Å². The number of amides is 2. The summed E-state index contributed by atoms with van der Waals surface area (Å²) in [6.45, 7) is -0.108. The van der Waals surface area contributed by atoms with Gasteiger partial charge in [0.25, 0.3) is 0 Å². The molecule has 7 nitrogen and oxygen atoms in total. The van der Waals surface area contributed by atoms with E-state index in [-0.39, 0.29) is 23.5 Å². The standard InChI is InChI=1S/C15H13N3O4S2/c1-22-14(21)11-6-16-15(24-11)17-12(19)7-18-9-4-2-3-5-10(9)23-8-13(18)20/h2-6H,7-8H2,1H3,(H,16,17,19). The lowest BCUT2D eigenvalue weighted by Gasteiger charge is -2.28. The van der Waals surface area contributed by atoms with Crippen LogP contribution in [0.15, 0.2) is 35.4 Å². The van der Waals surface area contributed by atoms with Gasteiger partial charge < -0.3 is 15.0 Å². The van der Waals surface area contributed by atoms with Crippen molar-refractivity contribution in [1.29, 1.82) is 0 Å². The smallest absolute Gasteiger partial charge is 0.349 e. The summed E-state index contributed by atoms with van der Waals surface area (Å²) in [7, 11) is 1.28. The molecule has 2 heterocycles. The van der Waals surface area contributed by atoms with Crippen molar-refractivity contribution in [3.05, 3.63) is 35.3 Å². The minimum Gasteiger partial charge on any atom is -0.465 e. The fourth-order valence-electron chi connectivity index (χ4n) is 2.16. The summed E-state index contributed by atoms with van der Waals surface area (Å²) in [6, 6.07) is 7.45. The molecule has 1 N–H and O–H groups in total. The number of benzene rings is 1. The lowest BCUT2D eigenvalue weighted by molar-refractivity contribution is -0.120. The zero-order valence-corrected chi connectivity index (χ0v) is 14.3. The van der Waals surface area contributed by atoms with Gasteiger partial charge in [-0.3, -0.25) is 9.59 Å². The number of thioether (sulfide) groups is 1. The van der Waals surface area contributed by atoms with E-state index in [2.05, 4.69) is 15.0 Å². The van der Waals surface area contributed by atoms with Crippen LogP contribution in [0.25, 0.3) is 0 Å². The molecule has 1 aliphatic heterocycles. The lowest BCUT2D eigenvalue weighted by atomic mass is 10.2. The SMILES string of the molecule is COC(=O)c1cnc(NC(=O)CN2C(=O)CSc3ccccc32)s1. The number of ether oxygens (including phenoxy) is 1. The van der Waals surface area contributed by atoms with Crippen molar-refractivity contribution in [2.75, 3.05) is 29.6 Å². The van der Waals surface area contributed by atoms with Crippen LogP contribution in [0.1, 0.15) is 9.67 Å². The highest BCUT2D eigenvalue weighted by Crippen LogP contribution is 2.34. The highest BCUT2D eigenvalue weighted by Gasteiger charge is 2.26. The molecule has 124 valence electrons. The highest BCUT2D eigenvalue weighted by atomic mass is 32.2. The van der Waals surface area contributed by atoms with Gasteiger partial charge in [-0.05, 0) is 12.1 Å². The number of hydrogen-bond donors (Lipinski definition) is 1. The van der Waals surface area contributed by atoms with Gasteiger partial charge in [0.05, 0.1) is 24.7 Å². The molecule has 1 aromatic carbocycles. The Morgan fingerprint density at radius 1 is 1.38 bits per heavy atom. The number of rotatable bonds is 4. The number of nitrogens with zero attached hydrogens (tertiary/aromatic N) is 2.